The van der Waals surface area contributed by atoms with Gasteiger partial charge < -0.3 is 39.4 Å². The number of primary amides is 1. The van der Waals surface area contributed by atoms with Crippen molar-refractivity contribution < 1.29 is 48.0 Å². The normalized spacial score (nSPS) is 11.7. The Kier molecular flexibility index (Phi) is 94.1. The molecule has 0 fully saturated rings. The first-order chi connectivity index (χ1) is 40.3. The highest BCUT2D eigenvalue weighted by molar-refractivity contribution is 5.75. The molecule has 0 aromatic carbocycles. The molecule has 0 saturated carbocycles. The number of allylic oxidation sites excluding steroid dienone is 1. The molecule has 0 aromatic rings. The van der Waals surface area contributed by atoms with Gasteiger partial charge in [-0.05, 0) is 76.5 Å². The van der Waals surface area contributed by atoms with E-state index in [1.54, 1.807) is 13.8 Å². The Balaban J connectivity index is -0.000000178. The minimum Gasteiger partial charge on any atom is -0.512 e. The summed E-state index contributed by atoms with van der Waals surface area (Å²) < 4.78 is 21.1. The summed E-state index contributed by atoms with van der Waals surface area (Å²) in [5.74, 6) is 3.23. The van der Waals surface area contributed by atoms with Crippen LogP contribution in [-0.4, -0.2) is 61.4 Å². The molecule has 0 aromatic heterocycles. The summed E-state index contributed by atoms with van der Waals surface area (Å²) in [6.07, 6.45) is 48.1. The molecule has 0 aliphatic heterocycles. The standard InChI is InChI=1S/C24H46O3.C11H22O2.C10H19NO3.C10H20O.C9H20.C6H12O.C3H8/c1-5-8-10-12-14-16-18-22(4)26-20-23(7-3)21-27-24(25)19-17-15-13-11-9-6-2;1-4-5-6-11(10(2)3)9-13-8-7-12;1-3-8(2)4-9(5-10(11)13)6-14-7-12;1-3-4-5-6-7-8-9-10(2)11;1-3-5-7-9-8-6-4-2;1-3-4-5-6(2)7;1-3-2/h23H,4-21H2,1-3H3;7-8,10-12H,4-6,9H2,1-3H3;7-9H,3-6H2,1-2H3,(H2,11,13);3-9H2,1-2H3;3-9H2,1-2H3;3-5H2,1-2H3;3H2,1-2H3/b;8-7+;;;;;. The maximum absolute atomic E-state index is 11.9. The van der Waals surface area contributed by atoms with Crippen LogP contribution in [0.25, 0.3) is 0 Å². The van der Waals surface area contributed by atoms with Gasteiger partial charge in [0.05, 0.1) is 32.2 Å². The van der Waals surface area contributed by atoms with E-state index < -0.39 is 0 Å². The number of Topliss-reactive ketones (excluding diaryl/α,β-unsaturated/α-hetero) is 2. The molecule has 3 N–H and O–H groups in total. The fraction of sp³-hybridized carbons (Fsp3) is 0.877. The average Bonchev–Trinajstić information content (AvgIpc) is 3.47. The lowest BCUT2D eigenvalue weighted by Gasteiger charge is -2.19. The van der Waals surface area contributed by atoms with Gasteiger partial charge in [-0.25, -0.2) is 0 Å². The van der Waals surface area contributed by atoms with Gasteiger partial charge in [0, 0.05) is 43.9 Å². The zero-order chi connectivity index (χ0) is 65.1. The second-order valence-corrected chi connectivity index (χ2v) is 23.8. The summed E-state index contributed by atoms with van der Waals surface area (Å²) >= 11 is 0. The number of unbranched alkanes of at least 4 members (excludes halogenated alkanes) is 23. The van der Waals surface area contributed by atoms with E-state index in [1.165, 1.54) is 167 Å². The van der Waals surface area contributed by atoms with E-state index in [9.17, 15) is 24.0 Å². The lowest BCUT2D eigenvalue weighted by atomic mass is 9.91. The second-order valence-electron chi connectivity index (χ2n) is 23.8. The molecule has 0 radical (unpaired) electrons. The van der Waals surface area contributed by atoms with Gasteiger partial charge in [0.1, 0.15) is 24.1 Å². The van der Waals surface area contributed by atoms with Crippen molar-refractivity contribution in [2.45, 2.75) is 361 Å². The summed E-state index contributed by atoms with van der Waals surface area (Å²) in [6.45, 7) is 40.3. The number of hydrogen-bond acceptors (Lipinski definition) is 10. The van der Waals surface area contributed by atoms with E-state index >= 15 is 0 Å². The molecule has 0 saturated heterocycles. The Labute approximate surface area is 523 Å². The number of carbonyl (C=O) groups is 5. The van der Waals surface area contributed by atoms with Crippen LogP contribution in [0.1, 0.15) is 361 Å². The Morgan fingerprint density at radius 3 is 1.23 bits per heavy atom. The minimum absolute atomic E-state index is 0.0603. The number of carbonyl (C=O) groups excluding carboxylic acids is 5. The maximum Gasteiger partial charge on any atom is 0.305 e. The maximum atomic E-state index is 11.9. The molecule has 504 valence electrons. The first-order valence-electron chi connectivity index (χ1n) is 35.0. The topological polar surface area (TPSA) is 169 Å². The SMILES string of the molecule is C=C(CCCCCCCC)OCC(CC)COC(=O)CCCCCCCC.CCC.CCC(C)CC(COC=O)CC(N)=O.CCCCC(C)=O.CCCCC(CO/C=C/O)C(C)C.CCCCCCCCC.CCCCCCCCC(C)=O. The molecule has 4 atom stereocenters. The van der Waals surface area contributed by atoms with E-state index in [0.717, 1.165) is 89.1 Å². The van der Waals surface area contributed by atoms with Crippen molar-refractivity contribution in [1.82, 2.24) is 0 Å². The van der Waals surface area contributed by atoms with Gasteiger partial charge in [0.25, 0.3) is 6.47 Å². The van der Waals surface area contributed by atoms with Crippen LogP contribution in [0.5, 0.6) is 0 Å². The Bertz CT molecular complexity index is 1310. The third-order valence-electron chi connectivity index (χ3n) is 14.3. The molecule has 84 heavy (non-hydrogen) atoms. The smallest absolute Gasteiger partial charge is 0.305 e. The number of esters is 1. The molecule has 11 heteroatoms. The fourth-order valence-electron chi connectivity index (χ4n) is 8.34. The molecule has 0 aliphatic rings. The molecule has 0 aliphatic carbocycles. The predicted molar refractivity (Wildman–Crippen MR) is 363 cm³/mol. The van der Waals surface area contributed by atoms with Crippen LogP contribution in [0.3, 0.4) is 0 Å². The van der Waals surface area contributed by atoms with E-state index in [4.69, 9.17) is 25.1 Å². The Hall–Kier alpha value is -3.37. The molecular weight excluding hydrogens is 1050 g/mol. The molecule has 0 rings (SSSR count). The van der Waals surface area contributed by atoms with Gasteiger partial charge in [-0.15, -0.1) is 0 Å². The van der Waals surface area contributed by atoms with Crippen molar-refractivity contribution in [2.24, 2.45) is 35.3 Å². The van der Waals surface area contributed by atoms with Gasteiger partial charge >= 0.3 is 5.97 Å². The highest BCUT2D eigenvalue weighted by Crippen LogP contribution is 2.20. The van der Waals surface area contributed by atoms with E-state index in [-0.39, 0.29) is 36.7 Å². The summed E-state index contributed by atoms with van der Waals surface area (Å²) in [7, 11) is 0. The molecule has 1 amide bonds. The molecule has 11 nitrogen and oxygen atoms in total. The Morgan fingerprint density at radius 1 is 0.476 bits per heavy atom. The van der Waals surface area contributed by atoms with E-state index in [0.29, 0.717) is 62.0 Å². The number of aliphatic hydroxyl groups excluding tert-OH is 1. The van der Waals surface area contributed by atoms with Crippen LogP contribution in [0.4, 0.5) is 0 Å². The first-order valence-corrected chi connectivity index (χ1v) is 35.0. The number of nitrogens with two attached hydrogens (primary N) is 1. The van der Waals surface area contributed by atoms with Crippen molar-refractivity contribution in [3.05, 3.63) is 24.9 Å². The minimum atomic E-state index is -0.340. The zero-order valence-corrected chi connectivity index (χ0v) is 58.9. The van der Waals surface area contributed by atoms with Crippen LogP contribution >= 0.6 is 0 Å². The predicted octanol–water partition coefficient (Wildman–Crippen LogP) is 22.4. The number of amides is 1. The van der Waals surface area contributed by atoms with Crippen LogP contribution in [0.15, 0.2) is 24.9 Å². The number of rotatable bonds is 51. The van der Waals surface area contributed by atoms with Crippen molar-refractivity contribution in [3.8, 4) is 0 Å². The second kappa shape index (κ2) is 83.8. The number of aliphatic hydroxyl groups is 1. The van der Waals surface area contributed by atoms with E-state index in [2.05, 4.69) is 108 Å². The zero-order valence-electron chi connectivity index (χ0n) is 58.9. The number of ether oxygens (including phenoxy) is 4. The summed E-state index contributed by atoms with van der Waals surface area (Å²) in [4.78, 5) is 53.3. The Morgan fingerprint density at radius 2 is 0.869 bits per heavy atom. The van der Waals surface area contributed by atoms with Crippen molar-refractivity contribution >= 4 is 29.9 Å². The van der Waals surface area contributed by atoms with E-state index in [1.807, 2.05) is 0 Å². The lowest BCUT2D eigenvalue weighted by Crippen LogP contribution is -2.21. The van der Waals surface area contributed by atoms with Crippen molar-refractivity contribution in [3.63, 3.8) is 0 Å². The summed E-state index contributed by atoms with van der Waals surface area (Å²) in [5.41, 5.74) is 5.10. The lowest BCUT2D eigenvalue weighted by molar-refractivity contribution is -0.145. The molecule has 4 unspecified atom stereocenters. The van der Waals surface area contributed by atoms with Crippen molar-refractivity contribution in [2.75, 3.05) is 26.4 Å². The summed E-state index contributed by atoms with van der Waals surface area (Å²) in [5, 5.41) is 8.39. The van der Waals surface area contributed by atoms with Crippen LogP contribution < -0.4 is 5.73 Å². The quantitative estimate of drug-likeness (QED) is 0.0259. The fourth-order valence-corrected chi connectivity index (χ4v) is 8.34. The third-order valence-corrected chi connectivity index (χ3v) is 14.3. The summed E-state index contributed by atoms with van der Waals surface area (Å²) in [6, 6.07) is 0. The molecule has 0 bridgehead atoms. The first kappa shape index (κ1) is 94.3. The van der Waals surface area contributed by atoms with Gasteiger partial charge in [0.15, 0.2) is 0 Å². The van der Waals surface area contributed by atoms with Gasteiger partial charge in [-0.1, -0.05) is 277 Å². The molecule has 0 spiro atoms. The number of ketones is 2. The number of hydrogen-bond donors (Lipinski definition) is 2. The van der Waals surface area contributed by atoms with Gasteiger partial charge in [-0.3, -0.25) is 14.4 Å². The molecular formula is C73H147NO10. The van der Waals surface area contributed by atoms with Crippen LogP contribution in [-0.2, 0) is 42.9 Å². The van der Waals surface area contributed by atoms with Gasteiger partial charge in [0.2, 0.25) is 5.91 Å². The van der Waals surface area contributed by atoms with Crippen molar-refractivity contribution in [1.29, 1.82) is 0 Å². The van der Waals surface area contributed by atoms with Crippen LogP contribution in [0.2, 0.25) is 0 Å². The van der Waals surface area contributed by atoms with Gasteiger partial charge in [-0.2, -0.15) is 0 Å². The highest BCUT2D eigenvalue weighted by atomic mass is 16.5. The monoisotopic (exact) mass is 1200 g/mol. The third kappa shape index (κ3) is 97.7. The largest absolute Gasteiger partial charge is 0.512 e. The van der Waals surface area contributed by atoms with Crippen LogP contribution in [0, 0.1) is 29.6 Å². The molecule has 0 heterocycles. The average molecular weight is 1200 g/mol. The highest BCUT2D eigenvalue weighted by Gasteiger charge is 2.16.